The fourth-order valence-corrected chi connectivity index (χ4v) is 6.74. The van der Waals surface area contributed by atoms with Crippen molar-refractivity contribution in [2.24, 2.45) is 5.92 Å². The number of benzene rings is 3. The number of amides is 4. The van der Waals surface area contributed by atoms with Crippen LogP contribution in [0.2, 0.25) is 0 Å². The number of hydrogen-bond donors (Lipinski definition) is 5. The number of nitriles is 1. The van der Waals surface area contributed by atoms with Gasteiger partial charge in [0.2, 0.25) is 11.8 Å². The third-order valence-corrected chi connectivity index (χ3v) is 9.73. The molecule has 3 aromatic carbocycles. The molecule has 5 N–H and O–H groups in total. The average Bonchev–Trinajstić information content (AvgIpc) is 3.56. The summed E-state index contributed by atoms with van der Waals surface area (Å²) in [6, 6.07) is 25.8. The number of carbonyl (C=O) groups excluding carboxylic acids is 4. The lowest BCUT2D eigenvalue weighted by Crippen LogP contribution is -2.55. The Morgan fingerprint density at radius 2 is 1.44 bits per heavy atom. The summed E-state index contributed by atoms with van der Waals surface area (Å²) in [6.07, 6.45) is 0.498. The zero-order chi connectivity index (χ0) is 37.8. The van der Waals surface area contributed by atoms with Crippen molar-refractivity contribution in [1.82, 2.24) is 26.6 Å². The number of nitrogens with zero attached hydrogens (tertiary/aromatic N) is 1. The van der Waals surface area contributed by atoms with Crippen LogP contribution in [0.4, 0.5) is 0 Å². The van der Waals surface area contributed by atoms with Gasteiger partial charge in [0, 0.05) is 46.4 Å². The van der Waals surface area contributed by atoms with E-state index in [1.807, 2.05) is 83.1 Å². The van der Waals surface area contributed by atoms with Crippen molar-refractivity contribution in [3.63, 3.8) is 0 Å². The van der Waals surface area contributed by atoms with Crippen LogP contribution in [0.5, 0.6) is 0 Å². The van der Waals surface area contributed by atoms with E-state index in [0.29, 0.717) is 29.7 Å². The van der Waals surface area contributed by atoms with Crippen LogP contribution < -0.4 is 26.6 Å². The summed E-state index contributed by atoms with van der Waals surface area (Å²) in [4.78, 5) is 55.7. The predicted octanol–water partition coefficient (Wildman–Crippen LogP) is 5.68. The number of likely N-dealkylation sites (N-methyl/N-ethyl adjacent to an activating group) is 1. The molecule has 4 aromatic rings. The van der Waals surface area contributed by atoms with E-state index in [9.17, 15) is 24.4 Å². The quantitative estimate of drug-likeness (QED) is 0.100. The second-order valence-corrected chi connectivity index (χ2v) is 14.6. The molecule has 10 nitrogen and oxygen atoms in total. The third-order valence-electron chi connectivity index (χ3n) is 8.70. The highest BCUT2D eigenvalue weighted by Crippen LogP contribution is 2.27. The van der Waals surface area contributed by atoms with Crippen molar-refractivity contribution in [2.75, 3.05) is 13.1 Å². The molecule has 0 aliphatic carbocycles. The fourth-order valence-electron chi connectivity index (χ4n) is 5.77. The van der Waals surface area contributed by atoms with E-state index in [1.54, 1.807) is 54.7 Å². The normalized spacial score (nSPS) is 13.3. The van der Waals surface area contributed by atoms with Gasteiger partial charge < -0.3 is 26.6 Å². The highest BCUT2D eigenvalue weighted by molar-refractivity contribution is 7.11. The Labute approximate surface area is 310 Å². The lowest BCUT2D eigenvalue weighted by molar-refractivity contribution is -0.130. The first-order valence-corrected chi connectivity index (χ1v) is 18.4. The second-order valence-electron chi connectivity index (χ2n) is 13.2. The summed E-state index contributed by atoms with van der Waals surface area (Å²) in [7, 11) is 0. The first kappa shape index (κ1) is 39.5. The molecule has 1 heterocycles. The van der Waals surface area contributed by atoms with Gasteiger partial charge in [0.05, 0.1) is 23.7 Å². The average molecular weight is 721 g/mol. The summed E-state index contributed by atoms with van der Waals surface area (Å²) in [6.45, 7) is 11.9. The number of nitrogens with one attached hydrogen (secondary N) is 5. The molecule has 4 rings (SSSR count). The van der Waals surface area contributed by atoms with Gasteiger partial charge in [0.15, 0.2) is 0 Å². The predicted molar refractivity (Wildman–Crippen MR) is 206 cm³/mol. The summed E-state index contributed by atoms with van der Waals surface area (Å²) >= 11 is 1.63. The molecule has 52 heavy (non-hydrogen) atoms. The van der Waals surface area contributed by atoms with Crippen molar-refractivity contribution < 1.29 is 19.2 Å². The number of hydrogen-bond acceptors (Lipinski definition) is 7. The zero-order valence-electron chi connectivity index (χ0n) is 30.6. The minimum absolute atomic E-state index is 0.110. The van der Waals surface area contributed by atoms with Crippen LogP contribution in [0.3, 0.4) is 0 Å². The van der Waals surface area contributed by atoms with E-state index in [1.165, 1.54) is 0 Å². The molecule has 0 aliphatic heterocycles. The molecule has 0 spiro atoms. The van der Waals surface area contributed by atoms with Crippen LogP contribution in [0.1, 0.15) is 82.3 Å². The Morgan fingerprint density at radius 3 is 2.06 bits per heavy atom. The highest BCUT2D eigenvalue weighted by atomic mass is 32.1. The number of rotatable bonds is 16. The molecule has 11 heteroatoms. The van der Waals surface area contributed by atoms with Gasteiger partial charge in [-0.3, -0.25) is 19.2 Å². The molecule has 272 valence electrons. The van der Waals surface area contributed by atoms with Gasteiger partial charge >= 0.3 is 0 Å². The fraction of sp³-hybridized carbons (Fsp3) is 0.341. The van der Waals surface area contributed by atoms with E-state index >= 15 is 0 Å². The van der Waals surface area contributed by atoms with Crippen molar-refractivity contribution in [2.45, 2.75) is 72.1 Å². The summed E-state index contributed by atoms with van der Waals surface area (Å²) in [5.41, 5.74) is 3.04. The van der Waals surface area contributed by atoms with Crippen molar-refractivity contribution in [3.8, 4) is 17.2 Å². The van der Waals surface area contributed by atoms with E-state index in [2.05, 4.69) is 32.7 Å². The SMILES string of the molecule is CCNC(=O)[C@@H](NC(=O)[C@H](C)NC[C@H](Cc1ccc(C)s1)NC(=O)c1cc(C(=O)N[C@H](C)c2ccccc2)cc(-c2ccccc2C#N)c1)C(C)C. The van der Waals surface area contributed by atoms with Gasteiger partial charge in [-0.1, -0.05) is 62.4 Å². The second kappa shape index (κ2) is 18.8. The van der Waals surface area contributed by atoms with Gasteiger partial charge in [-0.05, 0) is 86.7 Å². The maximum absolute atomic E-state index is 14.1. The van der Waals surface area contributed by atoms with Crippen molar-refractivity contribution in [3.05, 3.63) is 117 Å². The van der Waals surface area contributed by atoms with Crippen LogP contribution in [0, 0.1) is 24.2 Å². The van der Waals surface area contributed by atoms with Gasteiger partial charge in [-0.2, -0.15) is 5.26 Å². The maximum Gasteiger partial charge on any atom is 0.251 e. The van der Waals surface area contributed by atoms with E-state index in [0.717, 1.165) is 15.3 Å². The molecule has 0 unspecified atom stereocenters. The topological polar surface area (TPSA) is 152 Å². The Kier molecular flexibility index (Phi) is 14.3. The largest absolute Gasteiger partial charge is 0.355 e. The minimum Gasteiger partial charge on any atom is -0.355 e. The maximum atomic E-state index is 14.1. The standard InChI is InChI=1S/C41H48N6O4S/c1-7-43-41(51)37(25(2)3)47-38(48)28(6)44-24-34(22-35-18-17-26(4)52-35)46-40(50)33-20-31(36-16-12-11-15-30(36)23-42)19-32(21-33)39(49)45-27(5)29-13-9-8-10-14-29/h8-21,25,27-28,34,37,44H,7,22,24H2,1-6H3,(H,43,51)(H,45,49)(H,46,50)(H,47,48)/t27-,28+,34+,37+/m1/s1. The van der Waals surface area contributed by atoms with Gasteiger partial charge in [0.1, 0.15) is 6.04 Å². The lowest BCUT2D eigenvalue weighted by Gasteiger charge is -2.25. The van der Waals surface area contributed by atoms with E-state index in [-0.39, 0.29) is 47.4 Å². The Balaban J connectivity index is 1.60. The summed E-state index contributed by atoms with van der Waals surface area (Å²) in [5.74, 6) is -1.44. The lowest BCUT2D eigenvalue weighted by atomic mass is 9.95. The monoisotopic (exact) mass is 720 g/mol. The Bertz CT molecular complexity index is 1900. The smallest absolute Gasteiger partial charge is 0.251 e. The van der Waals surface area contributed by atoms with Crippen molar-refractivity contribution >= 4 is 35.0 Å². The number of thiophene rings is 1. The summed E-state index contributed by atoms with van der Waals surface area (Å²) in [5, 5.41) is 24.9. The Morgan fingerprint density at radius 1 is 0.788 bits per heavy atom. The molecule has 1 aromatic heterocycles. The van der Waals surface area contributed by atoms with E-state index < -0.39 is 24.0 Å². The number of aryl methyl sites for hydroxylation is 1. The summed E-state index contributed by atoms with van der Waals surface area (Å²) < 4.78 is 0. The van der Waals surface area contributed by atoms with Crippen molar-refractivity contribution in [1.29, 1.82) is 5.26 Å². The minimum atomic E-state index is -0.679. The van der Waals surface area contributed by atoms with Crippen LogP contribution >= 0.6 is 11.3 Å². The zero-order valence-corrected chi connectivity index (χ0v) is 31.4. The third kappa shape index (κ3) is 10.8. The molecule has 0 radical (unpaired) electrons. The molecular formula is C41H48N6O4S. The molecule has 0 saturated carbocycles. The first-order chi connectivity index (χ1) is 24.9. The van der Waals surface area contributed by atoms with Gasteiger partial charge in [-0.25, -0.2) is 0 Å². The van der Waals surface area contributed by atoms with E-state index in [4.69, 9.17) is 0 Å². The first-order valence-electron chi connectivity index (χ1n) is 17.6. The molecular weight excluding hydrogens is 673 g/mol. The van der Waals surface area contributed by atoms with Crippen LogP contribution in [-0.2, 0) is 16.0 Å². The molecule has 0 bridgehead atoms. The van der Waals surface area contributed by atoms with Crippen LogP contribution in [-0.4, -0.2) is 54.8 Å². The molecule has 0 fully saturated rings. The number of carbonyl (C=O) groups is 4. The molecule has 4 atom stereocenters. The van der Waals surface area contributed by atoms with Crippen LogP contribution in [0.25, 0.3) is 11.1 Å². The Hall–Kier alpha value is -5.31. The molecule has 4 amide bonds. The highest BCUT2D eigenvalue weighted by Gasteiger charge is 2.27. The molecule has 0 aliphatic rings. The van der Waals surface area contributed by atoms with Gasteiger partial charge in [-0.15, -0.1) is 11.3 Å². The molecule has 0 saturated heterocycles. The van der Waals surface area contributed by atoms with Gasteiger partial charge in [0.25, 0.3) is 11.8 Å². The van der Waals surface area contributed by atoms with Crippen LogP contribution in [0.15, 0.2) is 84.9 Å².